The first-order valence-corrected chi connectivity index (χ1v) is 9.95. The molecule has 30 heavy (non-hydrogen) atoms. The van der Waals surface area contributed by atoms with Crippen LogP contribution < -0.4 is 0 Å². The van der Waals surface area contributed by atoms with Crippen LogP contribution in [0.15, 0.2) is 30.3 Å². The van der Waals surface area contributed by atoms with Crippen molar-refractivity contribution in [2.24, 2.45) is 11.3 Å². The van der Waals surface area contributed by atoms with Crippen molar-refractivity contribution >= 4 is 18.0 Å². The van der Waals surface area contributed by atoms with Gasteiger partial charge in [0.25, 0.3) is 0 Å². The Morgan fingerprint density at radius 2 is 1.80 bits per heavy atom. The minimum Gasteiger partial charge on any atom is -0.445 e. The number of ether oxygens (including phenoxy) is 2. The molecule has 3 rings (SSSR count). The van der Waals surface area contributed by atoms with E-state index in [1.165, 1.54) is 9.80 Å². The summed E-state index contributed by atoms with van der Waals surface area (Å²) in [7, 11) is 0. The van der Waals surface area contributed by atoms with Crippen molar-refractivity contribution in [1.29, 1.82) is 5.26 Å². The van der Waals surface area contributed by atoms with Crippen molar-refractivity contribution in [1.82, 2.24) is 9.80 Å². The molecular weight excluding hydrogens is 386 g/mol. The molecule has 2 amide bonds. The summed E-state index contributed by atoms with van der Waals surface area (Å²) in [6.45, 7) is 7.43. The number of benzene rings is 1. The molecule has 1 spiro atoms. The molecule has 2 aliphatic heterocycles. The van der Waals surface area contributed by atoms with Crippen LogP contribution in [-0.4, -0.2) is 59.0 Å². The van der Waals surface area contributed by atoms with Gasteiger partial charge in [0.2, 0.25) is 0 Å². The number of Topliss-reactive ketones (excluding diaryl/α,β-unsaturated/α-hetero) is 1. The zero-order valence-corrected chi connectivity index (χ0v) is 17.8. The van der Waals surface area contributed by atoms with Crippen molar-refractivity contribution in [3.05, 3.63) is 35.9 Å². The highest BCUT2D eigenvalue weighted by Crippen LogP contribution is 2.41. The van der Waals surface area contributed by atoms with Gasteiger partial charge in [0, 0.05) is 19.6 Å². The van der Waals surface area contributed by atoms with E-state index < -0.39 is 35.2 Å². The van der Waals surface area contributed by atoms with Crippen LogP contribution in [0.5, 0.6) is 0 Å². The number of likely N-dealkylation sites (tertiary alicyclic amines) is 2. The fraction of sp³-hybridized carbons (Fsp3) is 0.545. The predicted molar refractivity (Wildman–Crippen MR) is 107 cm³/mol. The molecule has 0 saturated carbocycles. The Hall–Kier alpha value is -3.08. The third-order valence-corrected chi connectivity index (χ3v) is 5.47. The van der Waals surface area contributed by atoms with Crippen molar-refractivity contribution < 1.29 is 23.9 Å². The molecule has 0 bridgehead atoms. The lowest BCUT2D eigenvalue weighted by Crippen LogP contribution is -2.72. The third-order valence-electron chi connectivity index (χ3n) is 5.47. The average Bonchev–Trinajstić information content (AvgIpc) is 2.64. The van der Waals surface area contributed by atoms with Gasteiger partial charge in [-0.25, -0.2) is 9.59 Å². The van der Waals surface area contributed by atoms with Crippen LogP contribution in [0, 0.1) is 22.7 Å². The summed E-state index contributed by atoms with van der Waals surface area (Å²) in [5, 5.41) is 9.56. The zero-order chi connectivity index (χ0) is 22.1. The van der Waals surface area contributed by atoms with Crippen LogP contribution in [0.2, 0.25) is 0 Å². The smallest absolute Gasteiger partial charge is 0.410 e. The van der Waals surface area contributed by atoms with Crippen LogP contribution in [-0.2, 0) is 20.9 Å². The molecule has 2 saturated heterocycles. The summed E-state index contributed by atoms with van der Waals surface area (Å²) in [4.78, 5) is 40.9. The van der Waals surface area contributed by atoms with E-state index in [2.05, 4.69) is 0 Å². The Labute approximate surface area is 176 Å². The van der Waals surface area contributed by atoms with E-state index in [0.717, 1.165) is 5.56 Å². The summed E-state index contributed by atoms with van der Waals surface area (Å²) in [5.41, 5.74) is -0.763. The van der Waals surface area contributed by atoms with Gasteiger partial charge in [-0.15, -0.1) is 0 Å². The molecule has 1 aromatic rings. The standard InChI is InChI=1S/C22H27N3O5/c1-15-17(10-23)18(26)22(12-24(13-22)19(27)30-21(2,3)4)14-25(15)20(28)29-11-16-8-6-5-7-9-16/h5-9,15,17H,11-14H2,1-4H3/t15-,17?/m0/s1. The molecule has 2 atom stereocenters. The van der Waals surface area contributed by atoms with Crippen molar-refractivity contribution in [3.63, 3.8) is 0 Å². The SMILES string of the molecule is C[C@H]1C(C#N)C(=O)C2(CN(C(=O)OC(C)(C)C)C2)CN1C(=O)OCc1ccccc1. The number of carbonyl (C=O) groups is 3. The molecule has 8 nitrogen and oxygen atoms in total. The van der Waals surface area contributed by atoms with E-state index in [1.54, 1.807) is 27.7 Å². The second kappa shape index (κ2) is 7.98. The number of piperidine rings is 1. The largest absolute Gasteiger partial charge is 0.445 e. The summed E-state index contributed by atoms with van der Waals surface area (Å²) in [5.74, 6) is -1.20. The van der Waals surface area contributed by atoms with Crippen molar-refractivity contribution in [2.75, 3.05) is 19.6 Å². The highest BCUT2D eigenvalue weighted by Gasteiger charge is 2.59. The predicted octanol–water partition coefficient (Wildman–Crippen LogP) is 2.97. The van der Waals surface area contributed by atoms with Gasteiger partial charge in [-0.2, -0.15) is 5.26 Å². The third kappa shape index (κ3) is 4.25. The molecule has 2 fully saturated rings. The Kier molecular flexibility index (Phi) is 5.75. The lowest BCUT2D eigenvalue weighted by atomic mass is 9.67. The first kappa shape index (κ1) is 21.6. The lowest BCUT2D eigenvalue weighted by molar-refractivity contribution is -0.151. The van der Waals surface area contributed by atoms with Crippen molar-refractivity contribution in [3.8, 4) is 6.07 Å². The molecule has 0 aromatic heterocycles. The lowest BCUT2D eigenvalue weighted by Gasteiger charge is -2.54. The minimum atomic E-state index is -0.969. The van der Waals surface area contributed by atoms with Crippen LogP contribution in [0.4, 0.5) is 9.59 Å². The van der Waals surface area contributed by atoms with Gasteiger partial charge in [-0.1, -0.05) is 30.3 Å². The van der Waals surface area contributed by atoms with E-state index >= 15 is 0 Å². The van der Waals surface area contributed by atoms with Gasteiger partial charge >= 0.3 is 12.2 Å². The monoisotopic (exact) mass is 413 g/mol. The maximum Gasteiger partial charge on any atom is 0.410 e. The average molecular weight is 413 g/mol. The van der Waals surface area contributed by atoms with Gasteiger partial charge < -0.3 is 19.3 Å². The summed E-state index contributed by atoms with van der Waals surface area (Å²) in [6.07, 6.45) is -1.08. The highest BCUT2D eigenvalue weighted by atomic mass is 16.6. The molecule has 1 unspecified atom stereocenters. The van der Waals surface area contributed by atoms with Crippen LogP contribution >= 0.6 is 0 Å². The second-order valence-corrected chi connectivity index (χ2v) is 9.00. The molecular formula is C22H27N3O5. The Morgan fingerprint density at radius 3 is 2.37 bits per heavy atom. The van der Waals surface area contributed by atoms with E-state index in [1.807, 2.05) is 36.4 Å². The molecule has 0 N–H and O–H groups in total. The zero-order valence-electron chi connectivity index (χ0n) is 17.8. The fourth-order valence-electron chi connectivity index (χ4n) is 3.87. The molecule has 160 valence electrons. The van der Waals surface area contributed by atoms with Gasteiger partial charge in [-0.05, 0) is 33.3 Å². The normalized spacial score (nSPS) is 22.8. The maximum atomic E-state index is 13.0. The molecule has 2 aliphatic rings. The summed E-state index contributed by atoms with van der Waals surface area (Å²) < 4.78 is 10.8. The van der Waals surface area contributed by atoms with E-state index in [0.29, 0.717) is 0 Å². The molecule has 0 radical (unpaired) electrons. The molecule has 0 aliphatic carbocycles. The van der Waals surface area contributed by atoms with Gasteiger partial charge in [0.05, 0.1) is 17.5 Å². The van der Waals surface area contributed by atoms with Crippen LogP contribution in [0.25, 0.3) is 0 Å². The maximum absolute atomic E-state index is 13.0. The second-order valence-electron chi connectivity index (χ2n) is 9.00. The first-order chi connectivity index (χ1) is 14.1. The Bertz CT molecular complexity index is 865. The number of rotatable bonds is 2. The van der Waals surface area contributed by atoms with Crippen LogP contribution in [0.3, 0.4) is 0 Å². The number of nitrogens with zero attached hydrogens (tertiary/aromatic N) is 3. The first-order valence-electron chi connectivity index (χ1n) is 9.95. The number of ketones is 1. The van der Waals surface area contributed by atoms with E-state index in [9.17, 15) is 19.6 Å². The Morgan fingerprint density at radius 1 is 1.17 bits per heavy atom. The van der Waals surface area contributed by atoms with Crippen LogP contribution in [0.1, 0.15) is 33.3 Å². The quantitative estimate of drug-likeness (QED) is 0.739. The van der Waals surface area contributed by atoms with E-state index in [4.69, 9.17) is 9.47 Å². The minimum absolute atomic E-state index is 0.102. The number of hydrogen-bond acceptors (Lipinski definition) is 6. The number of amides is 2. The molecule has 2 heterocycles. The number of carbonyl (C=O) groups excluding carboxylic acids is 3. The Balaban J connectivity index is 1.70. The summed E-state index contributed by atoms with van der Waals surface area (Å²) >= 11 is 0. The fourth-order valence-corrected chi connectivity index (χ4v) is 3.87. The topological polar surface area (TPSA) is 99.9 Å². The molecule has 1 aromatic carbocycles. The van der Waals surface area contributed by atoms with Gasteiger partial charge in [0.15, 0.2) is 5.78 Å². The van der Waals surface area contributed by atoms with E-state index in [-0.39, 0.29) is 32.0 Å². The highest BCUT2D eigenvalue weighted by molar-refractivity contribution is 5.94. The summed E-state index contributed by atoms with van der Waals surface area (Å²) in [6, 6.07) is 10.7. The molecule has 8 heteroatoms. The number of nitriles is 1. The number of hydrogen-bond donors (Lipinski definition) is 0. The van der Waals surface area contributed by atoms with Crippen molar-refractivity contribution in [2.45, 2.75) is 45.9 Å². The van der Waals surface area contributed by atoms with Gasteiger partial charge in [-0.3, -0.25) is 4.79 Å². The van der Waals surface area contributed by atoms with Gasteiger partial charge in [0.1, 0.15) is 18.1 Å².